The van der Waals surface area contributed by atoms with Gasteiger partial charge in [-0.2, -0.15) is 0 Å². The first-order chi connectivity index (χ1) is 7.16. The molecule has 0 saturated heterocycles. The summed E-state index contributed by atoms with van der Waals surface area (Å²) < 4.78 is 12.9. The predicted octanol–water partition coefficient (Wildman–Crippen LogP) is 3.39. The summed E-state index contributed by atoms with van der Waals surface area (Å²) in [6.45, 7) is 0. The number of Topliss-reactive ketones (excluding diaryl/α,β-unsaturated/α-hetero) is 1. The van der Waals surface area contributed by atoms with Crippen molar-refractivity contribution in [1.82, 2.24) is 0 Å². The molecule has 0 spiro atoms. The monoisotopic (exact) mass is 226 g/mol. The zero-order valence-corrected chi connectivity index (χ0v) is 9.06. The van der Waals surface area contributed by atoms with Crippen LogP contribution in [0.2, 0.25) is 5.02 Å². The summed E-state index contributed by atoms with van der Waals surface area (Å²) in [5.74, 6) is 0.265. The topological polar surface area (TPSA) is 17.1 Å². The van der Waals surface area contributed by atoms with Gasteiger partial charge in [-0.15, -0.1) is 0 Å². The van der Waals surface area contributed by atoms with Gasteiger partial charge >= 0.3 is 0 Å². The van der Waals surface area contributed by atoms with Crippen LogP contribution in [-0.4, -0.2) is 5.78 Å². The van der Waals surface area contributed by atoms with Gasteiger partial charge in [-0.1, -0.05) is 11.6 Å². The number of hydrogen-bond acceptors (Lipinski definition) is 1. The molecule has 0 radical (unpaired) electrons. The molecule has 1 saturated carbocycles. The molecule has 3 heteroatoms. The van der Waals surface area contributed by atoms with Gasteiger partial charge in [0.2, 0.25) is 0 Å². The van der Waals surface area contributed by atoms with Crippen molar-refractivity contribution in [3.05, 3.63) is 34.6 Å². The standard InChI is InChI=1S/C12H12ClFO/c13-11-5-4-10(14)7-9(11)3-6-12(15)8-1-2-8/h4-5,7-8H,1-3,6H2. The zero-order chi connectivity index (χ0) is 10.8. The molecule has 1 aromatic carbocycles. The first-order valence-electron chi connectivity index (χ1n) is 5.13. The van der Waals surface area contributed by atoms with Crippen molar-refractivity contribution in [3.63, 3.8) is 0 Å². The third-order valence-corrected chi connectivity index (χ3v) is 3.05. The highest BCUT2D eigenvalue weighted by atomic mass is 35.5. The molecule has 0 bridgehead atoms. The fourth-order valence-electron chi connectivity index (χ4n) is 1.60. The van der Waals surface area contributed by atoms with Gasteiger partial charge in [-0.25, -0.2) is 4.39 Å². The Kier molecular flexibility index (Phi) is 3.06. The van der Waals surface area contributed by atoms with Crippen molar-refractivity contribution in [3.8, 4) is 0 Å². The molecule has 0 aromatic heterocycles. The zero-order valence-electron chi connectivity index (χ0n) is 8.30. The van der Waals surface area contributed by atoms with E-state index in [0.717, 1.165) is 18.4 Å². The van der Waals surface area contributed by atoms with Crippen molar-refractivity contribution >= 4 is 17.4 Å². The normalized spacial score (nSPS) is 15.3. The maximum atomic E-state index is 12.9. The predicted molar refractivity (Wildman–Crippen MR) is 57.5 cm³/mol. The average molecular weight is 227 g/mol. The minimum atomic E-state index is -0.298. The van der Waals surface area contributed by atoms with Crippen molar-refractivity contribution < 1.29 is 9.18 Å². The summed E-state index contributed by atoms with van der Waals surface area (Å²) >= 11 is 5.90. The first kappa shape index (κ1) is 10.6. The molecule has 0 amide bonds. The van der Waals surface area contributed by atoms with Gasteiger partial charge in [-0.05, 0) is 43.0 Å². The molecular formula is C12H12ClFO. The highest BCUT2D eigenvalue weighted by Crippen LogP contribution is 2.31. The molecule has 0 heterocycles. The minimum Gasteiger partial charge on any atom is -0.299 e. The molecule has 1 aliphatic rings. The van der Waals surface area contributed by atoms with Crippen LogP contribution >= 0.6 is 11.6 Å². The van der Waals surface area contributed by atoms with E-state index in [-0.39, 0.29) is 17.5 Å². The van der Waals surface area contributed by atoms with E-state index in [1.54, 1.807) is 0 Å². The van der Waals surface area contributed by atoms with Gasteiger partial charge < -0.3 is 0 Å². The van der Waals surface area contributed by atoms with E-state index >= 15 is 0 Å². The van der Waals surface area contributed by atoms with Gasteiger partial charge in [0.1, 0.15) is 11.6 Å². The van der Waals surface area contributed by atoms with E-state index in [2.05, 4.69) is 0 Å². The number of rotatable bonds is 4. The lowest BCUT2D eigenvalue weighted by Gasteiger charge is -2.03. The molecule has 0 aliphatic heterocycles. The second-order valence-electron chi connectivity index (χ2n) is 3.98. The summed E-state index contributed by atoms with van der Waals surface area (Å²) in [6.07, 6.45) is 3.07. The molecular weight excluding hydrogens is 215 g/mol. The Morgan fingerprint density at radius 2 is 2.20 bits per heavy atom. The molecule has 1 fully saturated rings. The molecule has 0 atom stereocenters. The molecule has 1 aromatic rings. The van der Waals surface area contributed by atoms with Crippen LogP contribution in [0.3, 0.4) is 0 Å². The number of benzene rings is 1. The summed E-state index contributed by atoms with van der Waals surface area (Å²) in [7, 11) is 0. The van der Waals surface area contributed by atoms with E-state index in [4.69, 9.17) is 11.6 Å². The maximum Gasteiger partial charge on any atom is 0.136 e. The summed E-state index contributed by atoms with van der Waals surface area (Å²) in [4.78, 5) is 11.4. The van der Waals surface area contributed by atoms with Crippen LogP contribution in [0.5, 0.6) is 0 Å². The van der Waals surface area contributed by atoms with E-state index in [1.807, 2.05) is 0 Å². The SMILES string of the molecule is O=C(CCc1cc(F)ccc1Cl)C1CC1. The highest BCUT2D eigenvalue weighted by Gasteiger charge is 2.28. The maximum absolute atomic E-state index is 12.9. The second kappa shape index (κ2) is 4.31. The third-order valence-electron chi connectivity index (χ3n) is 2.68. The smallest absolute Gasteiger partial charge is 0.136 e. The summed E-state index contributed by atoms with van der Waals surface area (Å²) in [6, 6.07) is 4.27. The lowest BCUT2D eigenvalue weighted by atomic mass is 10.1. The molecule has 80 valence electrons. The molecule has 1 nitrogen and oxygen atoms in total. The Morgan fingerprint density at radius 3 is 2.87 bits per heavy atom. The number of carbonyl (C=O) groups excluding carboxylic acids is 1. The van der Waals surface area contributed by atoms with Crippen molar-refractivity contribution in [2.75, 3.05) is 0 Å². The van der Waals surface area contributed by atoms with Gasteiger partial charge in [0.05, 0.1) is 0 Å². The Balaban J connectivity index is 1.97. The summed E-state index contributed by atoms with van der Waals surface area (Å²) in [5, 5.41) is 0.542. The second-order valence-corrected chi connectivity index (χ2v) is 4.38. The van der Waals surface area contributed by atoms with E-state index in [0.29, 0.717) is 17.9 Å². The van der Waals surface area contributed by atoms with Crippen molar-refractivity contribution in [2.45, 2.75) is 25.7 Å². The lowest BCUT2D eigenvalue weighted by Crippen LogP contribution is -2.02. The quantitative estimate of drug-likeness (QED) is 0.769. The molecule has 0 unspecified atom stereocenters. The average Bonchev–Trinajstić information content (AvgIpc) is 3.02. The van der Waals surface area contributed by atoms with Crippen LogP contribution in [0.15, 0.2) is 18.2 Å². The highest BCUT2D eigenvalue weighted by molar-refractivity contribution is 6.31. The fourth-order valence-corrected chi connectivity index (χ4v) is 1.81. The Hall–Kier alpha value is -0.890. The van der Waals surface area contributed by atoms with Gasteiger partial charge in [-0.3, -0.25) is 4.79 Å². The third kappa shape index (κ3) is 2.78. The number of aryl methyl sites for hydroxylation is 1. The first-order valence-corrected chi connectivity index (χ1v) is 5.51. The van der Waals surface area contributed by atoms with E-state index in [9.17, 15) is 9.18 Å². The Bertz CT molecular complexity index is 385. The molecule has 2 rings (SSSR count). The Labute approximate surface area is 93.2 Å². The number of carbonyl (C=O) groups is 1. The van der Waals surface area contributed by atoms with Crippen molar-refractivity contribution in [2.24, 2.45) is 5.92 Å². The largest absolute Gasteiger partial charge is 0.299 e. The Morgan fingerprint density at radius 1 is 1.47 bits per heavy atom. The van der Waals surface area contributed by atoms with Crippen LogP contribution < -0.4 is 0 Å². The molecule has 15 heavy (non-hydrogen) atoms. The van der Waals surface area contributed by atoms with E-state index in [1.165, 1.54) is 18.2 Å². The van der Waals surface area contributed by atoms with Crippen LogP contribution in [0.4, 0.5) is 4.39 Å². The van der Waals surface area contributed by atoms with Gasteiger partial charge in [0, 0.05) is 17.4 Å². The summed E-state index contributed by atoms with van der Waals surface area (Å²) in [5.41, 5.74) is 0.727. The van der Waals surface area contributed by atoms with Gasteiger partial charge in [0.25, 0.3) is 0 Å². The van der Waals surface area contributed by atoms with Gasteiger partial charge in [0.15, 0.2) is 0 Å². The van der Waals surface area contributed by atoms with Crippen LogP contribution in [0.1, 0.15) is 24.8 Å². The molecule has 0 N–H and O–H groups in total. The van der Waals surface area contributed by atoms with Crippen LogP contribution in [0, 0.1) is 11.7 Å². The number of hydrogen-bond donors (Lipinski definition) is 0. The van der Waals surface area contributed by atoms with Crippen LogP contribution in [-0.2, 0) is 11.2 Å². The number of halogens is 2. The minimum absolute atomic E-state index is 0.275. The lowest BCUT2D eigenvalue weighted by molar-refractivity contribution is -0.120. The van der Waals surface area contributed by atoms with Crippen LogP contribution in [0.25, 0.3) is 0 Å². The van der Waals surface area contributed by atoms with E-state index < -0.39 is 0 Å². The van der Waals surface area contributed by atoms with Crippen molar-refractivity contribution in [1.29, 1.82) is 0 Å². The number of ketones is 1. The molecule has 1 aliphatic carbocycles. The fraction of sp³-hybridized carbons (Fsp3) is 0.417.